The van der Waals surface area contributed by atoms with Crippen LogP contribution in [0.2, 0.25) is 0 Å². The van der Waals surface area contributed by atoms with Gasteiger partial charge in [-0.3, -0.25) is 5.14 Å². The molecule has 2 aromatic rings. The molecule has 2 N–H and O–H groups in total. The van der Waals surface area contributed by atoms with Gasteiger partial charge in [-0.25, -0.2) is 17.4 Å². The second kappa shape index (κ2) is 9.19. The number of halogens is 3. The van der Waals surface area contributed by atoms with Gasteiger partial charge < -0.3 is 13.9 Å². The molecule has 0 saturated carbocycles. The van der Waals surface area contributed by atoms with Crippen LogP contribution in [0.4, 0.5) is 13.2 Å². The van der Waals surface area contributed by atoms with Crippen molar-refractivity contribution in [1.29, 1.82) is 0 Å². The van der Waals surface area contributed by atoms with Crippen LogP contribution < -0.4 is 10.6 Å². The number of alkyl halides is 2. The fourth-order valence-electron chi connectivity index (χ4n) is 4.39. The summed E-state index contributed by atoms with van der Waals surface area (Å²) in [7, 11) is -2.72. The van der Waals surface area contributed by atoms with E-state index in [1.807, 2.05) is 53.0 Å². The molecule has 3 rings (SSSR count). The highest BCUT2D eigenvalue weighted by atomic mass is 32.2. The summed E-state index contributed by atoms with van der Waals surface area (Å²) in [5.74, 6) is -1.84. The van der Waals surface area contributed by atoms with Gasteiger partial charge in [0.15, 0.2) is 0 Å². The highest BCUT2D eigenvalue weighted by molar-refractivity contribution is 7.84. The Morgan fingerprint density at radius 3 is 2.09 bits per heavy atom. The number of fused-ring (bicyclic) bond motifs is 1. The van der Waals surface area contributed by atoms with Gasteiger partial charge in [0.2, 0.25) is 6.43 Å². The summed E-state index contributed by atoms with van der Waals surface area (Å²) in [6.45, 7) is 17.4. The number of aromatic nitrogens is 1. The molecular formula is C25H38BF3N2O3S. The van der Waals surface area contributed by atoms with Gasteiger partial charge in [0.25, 0.3) is 0 Å². The topological polar surface area (TPSA) is 66.5 Å². The second-order valence-electron chi connectivity index (χ2n) is 12.5. The van der Waals surface area contributed by atoms with Crippen molar-refractivity contribution in [3.8, 4) is 0 Å². The van der Waals surface area contributed by atoms with E-state index in [-0.39, 0.29) is 17.3 Å². The van der Waals surface area contributed by atoms with E-state index in [1.165, 1.54) is 6.07 Å². The van der Waals surface area contributed by atoms with Crippen molar-refractivity contribution in [2.45, 2.75) is 104 Å². The molecule has 1 aliphatic rings. The molecule has 0 amide bonds. The first-order chi connectivity index (χ1) is 15.8. The Morgan fingerprint density at radius 2 is 1.63 bits per heavy atom. The lowest BCUT2D eigenvalue weighted by molar-refractivity contribution is 0.00578. The van der Waals surface area contributed by atoms with E-state index >= 15 is 4.39 Å². The van der Waals surface area contributed by atoms with Gasteiger partial charge in [0.1, 0.15) is 5.82 Å². The summed E-state index contributed by atoms with van der Waals surface area (Å²) in [4.78, 5) is 0. The predicted molar refractivity (Wildman–Crippen MR) is 137 cm³/mol. The number of benzene rings is 1. The molecule has 1 aromatic carbocycles. The van der Waals surface area contributed by atoms with Crippen LogP contribution in [-0.4, -0.2) is 38.3 Å². The maximum Gasteiger partial charge on any atom is 0.497 e. The van der Waals surface area contributed by atoms with Crippen LogP contribution in [0.1, 0.15) is 80.2 Å². The molecule has 1 fully saturated rings. The van der Waals surface area contributed by atoms with Crippen LogP contribution in [0, 0.1) is 11.2 Å². The lowest BCUT2D eigenvalue weighted by Gasteiger charge is -2.32. The molecule has 0 aliphatic carbocycles. The Hall–Kier alpha value is -1.36. The fraction of sp³-hybridized carbons (Fsp3) is 0.680. The first kappa shape index (κ1) is 28.2. The molecule has 1 aromatic heterocycles. The van der Waals surface area contributed by atoms with Crippen molar-refractivity contribution < 1.29 is 26.7 Å². The second-order valence-corrected chi connectivity index (χ2v) is 14.2. The summed E-state index contributed by atoms with van der Waals surface area (Å²) in [6.07, 6.45) is -1.17. The minimum atomic E-state index is -2.74. The molecule has 1 unspecified atom stereocenters. The summed E-state index contributed by atoms with van der Waals surface area (Å²) in [6, 6.07) is 2.95. The van der Waals surface area contributed by atoms with Crippen LogP contribution in [-0.2, 0) is 26.8 Å². The molecule has 0 bridgehead atoms. The van der Waals surface area contributed by atoms with E-state index in [1.54, 1.807) is 26.1 Å². The maximum atomic E-state index is 15.5. The zero-order chi connectivity index (χ0) is 26.7. The highest BCUT2D eigenvalue weighted by Crippen LogP contribution is 2.40. The molecule has 196 valence electrons. The van der Waals surface area contributed by atoms with Crippen molar-refractivity contribution in [3.05, 3.63) is 29.7 Å². The normalized spacial score (nSPS) is 20.1. The molecule has 5 nitrogen and oxygen atoms in total. The zero-order valence-electron chi connectivity index (χ0n) is 22.2. The zero-order valence-corrected chi connectivity index (χ0v) is 23.0. The van der Waals surface area contributed by atoms with E-state index in [4.69, 9.17) is 14.4 Å². The lowest BCUT2D eigenvalue weighted by Crippen LogP contribution is -2.41. The van der Waals surface area contributed by atoms with Gasteiger partial charge >= 0.3 is 7.12 Å². The van der Waals surface area contributed by atoms with Crippen LogP contribution >= 0.6 is 0 Å². The quantitative estimate of drug-likeness (QED) is 0.513. The van der Waals surface area contributed by atoms with Gasteiger partial charge in [-0.1, -0.05) is 20.8 Å². The molecule has 10 heteroatoms. The van der Waals surface area contributed by atoms with E-state index < -0.39 is 52.2 Å². The standard InChI is InChI=1S/C25H38BF3N2O3S/c1-22(2,3)14-31-13-17(16(21(28)29)12-23(4,5)35(30)32)15-10-19(27)18(11-20(15)31)26-33-24(6,7)25(8,9)34-26/h10-11,13,16,21H,12,14,30H2,1-9H3/t16-,35?/m0/s1. The Balaban J connectivity index is 2.19. The van der Waals surface area contributed by atoms with Crippen molar-refractivity contribution in [3.63, 3.8) is 0 Å². The molecular weight excluding hydrogens is 476 g/mol. The highest BCUT2D eigenvalue weighted by Gasteiger charge is 2.52. The smallest absolute Gasteiger partial charge is 0.399 e. The monoisotopic (exact) mass is 514 g/mol. The van der Waals surface area contributed by atoms with E-state index in [2.05, 4.69) is 0 Å². The fourth-order valence-corrected chi connectivity index (χ4v) is 4.73. The Bertz CT molecular complexity index is 1110. The minimum absolute atomic E-state index is 0.108. The molecule has 0 radical (unpaired) electrons. The van der Waals surface area contributed by atoms with Gasteiger partial charge in [0, 0.05) is 35.0 Å². The van der Waals surface area contributed by atoms with Crippen molar-refractivity contribution >= 4 is 34.5 Å². The summed E-state index contributed by atoms with van der Waals surface area (Å²) >= 11 is 0. The van der Waals surface area contributed by atoms with Crippen molar-refractivity contribution in [2.75, 3.05) is 0 Å². The largest absolute Gasteiger partial charge is 0.497 e. The third-order valence-corrected chi connectivity index (χ3v) is 8.40. The number of rotatable bonds is 7. The van der Waals surface area contributed by atoms with Crippen LogP contribution in [0.3, 0.4) is 0 Å². The summed E-state index contributed by atoms with van der Waals surface area (Å²) in [5.41, 5.74) is -0.298. The van der Waals surface area contributed by atoms with E-state index in [0.717, 1.165) is 0 Å². The lowest BCUT2D eigenvalue weighted by atomic mass is 9.78. The molecule has 1 saturated heterocycles. The maximum absolute atomic E-state index is 15.5. The minimum Gasteiger partial charge on any atom is -0.399 e. The average molecular weight is 514 g/mol. The SMILES string of the molecule is CC(C)(C)Cn1cc([C@H](CC(C)(C)S(N)=O)C(F)F)c2cc(F)c(B3OC(C)(C)C(C)(C)O3)cc21. The Labute approximate surface area is 209 Å². The molecule has 2 atom stereocenters. The number of hydrogen-bond acceptors (Lipinski definition) is 3. The van der Waals surface area contributed by atoms with Gasteiger partial charge in [-0.2, -0.15) is 0 Å². The predicted octanol–water partition coefficient (Wildman–Crippen LogP) is 5.27. The molecule has 35 heavy (non-hydrogen) atoms. The van der Waals surface area contributed by atoms with Gasteiger partial charge in [-0.15, -0.1) is 0 Å². The van der Waals surface area contributed by atoms with Crippen LogP contribution in [0.5, 0.6) is 0 Å². The summed E-state index contributed by atoms with van der Waals surface area (Å²) in [5, 5.41) is 5.99. The number of nitrogens with zero attached hydrogens (tertiary/aromatic N) is 1. The number of nitrogens with two attached hydrogens (primary N) is 1. The van der Waals surface area contributed by atoms with E-state index in [0.29, 0.717) is 23.0 Å². The van der Waals surface area contributed by atoms with E-state index in [9.17, 15) is 13.0 Å². The number of hydrogen-bond donors (Lipinski definition) is 1. The third kappa shape index (κ3) is 5.65. The first-order valence-electron chi connectivity index (χ1n) is 11.9. The average Bonchev–Trinajstić information content (AvgIpc) is 3.10. The van der Waals surface area contributed by atoms with Crippen LogP contribution in [0.15, 0.2) is 18.3 Å². The third-order valence-electron chi connectivity index (χ3n) is 7.14. The molecule has 0 spiro atoms. The Kier molecular flexibility index (Phi) is 7.41. The van der Waals surface area contributed by atoms with Crippen LogP contribution in [0.25, 0.3) is 10.9 Å². The first-order valence-corrected chi connectivity index (χ1v) is 13.1. The molecule has 2 heterocycles. The molecule has 1 aliphatic heterocycles. The van der Waals surface area contributed by atoms with Gasteiger partial charge in [0.05, 0.1) is 26.9 Å². The van der Waals surface area contributed by atoms with Crippen molar-refractivity contribution in [2.24, 2.45) is 10.6 Å². The van der Waals surface area contributed by atoms with Crippen molar-refractivity contribution in [1.82, 2.24) is 4.57 Å². The summed E-state index contributed by atoms with van der Waals surface area (Å²) < 4.78 is 69.2. The Morgan fingerprint density at radius 1 is 1.09 bits per heavy atom. The van der Waals surface area contributed by atoms with Gasteiger partial charge in [-0.05, 0) is 71.1 Å².